The maximum Gasteiger partial charge on any atom is 0.329 e. The van der Waals surface area contributed by atoms with E-state index in [2.05, 4.69) is 19.9 Å². The van der Waals surface area contributed by atoms with Gasteiger partial charge in [-0.05, 0) is 18.6 Å². The van der Waals surface area contributed by atoms with Crippen molar-refractivity contribution < 1.29 is 0 Å². The third-order valence-electron chi connectivity index (χ3n) is 3.15. The minimum absolute atomic E-state index is 0.322. The molecule has 0 aliphatic carbocycles. The molecule has 0 saturated heterocycles. The Hall–Kier alpha value is -2.70. The number of nitrogens with one attached hydrogen (secondary N) is 2. The molecule has 0 amide bonds. The number of H-pyrrole nitrogens is 2. The lowest BCUT2D eigenvalue weighted by atomic mass is 10.2. The first-order chi connectivity index (χ1) is 9.65. The van der Waals surface area contributed by atoms with Crippen LogP contribution in [0.4, 0.5) is 0 Å². The van der Waals surface area contributed by atoms with E-state index < -0.39 is 11.2 Å². The molecule has 0 bridgehead atoms. The smallest absolute Gasteiger partial charge is 0.329 e. The number of aryl methyl sites for hydroxylation is 3. The predicted molar refractivity (Wildman–Crippen MR) is 73.6 cm³/mol. The SMILES string of the molecule is Cn1c(=O)[nH]c(=O)c2[nH]c(CCc3ccccn3)nc21. The molecule has 0 spiro atoms. The lowest BCUT2D eigenvalue weighted by molar-refractivity contribution is 0.824. The van der Waals surface area contributed by atoms with Gasteiger partial charge in [0.25, 0.3) is 5.56 Å². The molecule has 7 nitrogen and oxygen atoms in total. The maximum atomic E-state index is 11.7. The Kier molecular flexibility index (Phi) is 2.94. The van der Waals surface area contributed by atoms with Gasteiger partial charge in [-0.2, -0.15) is 0 Å². The van der Waals surface area contributed by atoms with Crippen molar-refractivity contribution in [3.63, 3.8) is 0 Å². The number of hydrogen-bond donors (Lipinski definition) is 2. The van der Waals surface area contributed by atoms with Crippen molar-refractivity contribution in [2.75, 3.05) is 0 Å². The second-order valence-corrected chi connectivity index (χ2v) is 4.52. The number of imidazole rings is 1. The first kappa shape index (κ1) is 12.3. The maximum absolute atomic E-state index is 11.7. The summed E-state index contributed by atoms with van der Waals surface area (Å²) in [5.41, 5.74) is 0.735. The van der Waals surface area contributed by atoms with E-state index in [-0.39, 0.29) is 0 Å². The van der Waals surface area contributed by atoms with Gasteiger partial charge in [-0.3, -0.25) is 19.3 Å². The second-order valence-electron chi connectivity index (χ2n) is 4.52. The summed E-state index contributed by atoms with van der Waals surface area (Å²) in [6, 6.07) is 5.72. The van der Waals surface area contributed by atoms with Gasteiger partial charge in [0.15, 0.2) is 5.65 Å². The fourth-order valence-corrected chi connectivity index (χ4v) is 2.06. The Morgan fingerprint density at radius 2 is 2.05 bits per heavy atom. The van der Waals surface area contributed by atoms with E-state index in [0.717, 1.165) is 5.69 Å². The van der Waals surface area contributed by atoms with Crippen molar-refractivity contribution >= 4 is 11.2 Å². The van der Waals surface area contributed by atoms with E-state index in [4.69, 9.17) is 0 Å². The molecule has 20 heavy (non-hydrogen) atoms. The summed E-state index contributed by atoms with van der Waals surface area (Å²) in [6.45, 7) is 0. The summed E-state index contributed by atoms with van der Waals surface area (Å²) in [4.78, 5) is 36.9. The monoisotopic (exact) mass is 271 g/mol. The standard InChI is InChI=1S/C13H13N5O2/c1-18-11-10(12(19)17-13(18)20)15-9(16-11)6-5-8-4-2-3-7-14-8/h2-4,7H,5-6H2,1H3,(H,15,16)(H,17,19,20). The van der Waals surface area contributed by atoms with Gasteiger partial charge in [0.05, 0.1) is 0 Å². The van der Waals surface area contributed by atoms with Crippen molar-refractivity contribution in [1.82, 2.24) is 24.5 Å². The van der Waals surface area contributed by atoms with E-state index in [9.17, 15) is 9.59 Å². The van der Waals surface area contributed by atoms with Crippen molar-refractivity contribution in [1.29, 1.82) is 0 Å². The van der Waals surface area contributed by atoms with Crippen LogP contribution in [0.2, 0.25) is 0 Å². The Morgan fingerprint density at radius 1 is 1.20 bits per heavy atom. The molecule has 0 aromatic carbocycles. The first-order valence-corrected chi connectivity index (χ1v) is 6.23. The topological polar surface area (TPSA) is 96.4 Å². The molecular formula is C13H13N5O2. The molecule has 2 N–H and O–H groups in total. The predicted octanol–water partition coefficient (Wildman–Crippen LogP) is 0.130. The van der Waals surface area contributed by atoms with Crippen LogP contribution in [0.1, 0.15) is 11.5 Å². The zero-order valence-corrected chi connectivity index (χ0v) is 10.9. The van der Waals surface area contributed by atoms with Crippen molar-refractivity contribution in [2.24, 2.45) is 7.05 Å². The number of pyridine rings is 1. The molecule has 3 aromatic heterocycles. The van der Waals surface area contributed by atoms with E-state index in [1.807, 2.05) is 18.2 Å². The van der Waals surface area contributed by atoms with Gasteiger partial charge < -0.3 is 4.98 Å². The first-order valence-electron chi connectivity index (χ1n) is 6.23. The highest BCUT2D eigenvalue weighted by molar-refractivity contribution is 5.69. The Bertz CT molecular complexity index is 860. The lowest BCUT2D eigenvalue weighted by Gasteiger charge is -1.97. The zero-order chi connectivity index (χ0) is 14.1. The number of rotatable bonds is 3. The van der Waals surface area contributed by atoms with Crippen molar-refractivity contribution in [2.45, 2.75) is 12.8 Å². The van der Waals surface area contributed by atoms with E-state index in [1.165, 1.54) is 4.57 Å². The summed E-state index contributed by atoms with van der Waals surface area (Å²) in [7, 11) is 1.57. The zero-order valence-electron chi connectivity index (χ0n) is 10.9. The molecule has 3 rings (SSSR count). The third-order valence-corrected chi connectivity index (χ3v) is 3.15. The van der Waals surface area contributed by atoms with Crippen LogP contribution < -0.4 is 11.2 Å². The van der Waals surface area contributed by atoms with Crippen LogP contribution in [0.5, 0.6) is 0 Å². The van der Waals surface area contributed by atoms with Crippen LogP contribution in [-0.2, 0) is 19.9 Å². The van der Waals surface area contributed by atoms with Crippen LogP contribution in [-0.4, -0.2) is 24.5 Å². The van der Waals surface area contributed by atoms with Gasteiger partial charge in [-0.1, -0.05) is 6.07 Å². The summed E-state index contributed by atoms with van der Waals surface area (Å²) in [6.07, 6.45) is 3.08. The largest absolute Gasteiger partial charge is 0.336 e. The number of nitrogens with zero attached hydrogens (tertiary/aromatic N) is 3. The second kappa shape index (κ2) is 4.76. The Morgan fingerprint density at radius 3 is 2.80 bits per heavy atom. The molecule has 102 valence electrons. The fraction of sp³-hybridized carbons (Fsp3) is 0.231. The minimum Gasteiger partial charge on any atom is -0.336 e. The average Bonchev–Trinajstić information content (AvgIpc) is 2.89. The molecule has 0 atom stereocenters. The number of hydrogen-bond acceptors (Lipinski definition) is 4. The highest BCUT2D eigenvalue weighted by Crippen LogP contribution is 2.06. The van der Waals surface area contributed by atoms with Crippen LogP contribution in [0.3, 0.4) is 0 Å². The average molecular weight is 271 g/mol. The van der Waals surface area contributed by atoms with Gasteiger partial charge in [0.1, 0.15) is 11.3 Å². The summed E-state index contributed by atoms with van der Waals surface area (Å²) >= 11 is 0. The van der Waals surface area contributed by atoms with E-state index in [0.29, 0.717) is 29.8 Å². The molecule has 0 fully saturated rings. The quantitative estimate of drug-likeness (QED) is 0.707. The van der Waals surface area contributed by atoms with Gasteiger partial charge in [0.2, 0.25) is 0 Å². The highest BCUT2D eigenvalue weighted by Gasteiger charge is 2.10. The van der Waals surface area contributed by atoms with Gasteiger partial charge in [0, 0.05) is 25.4 Å². The number of aromatic amines is 2. The molecular weight excluding hydrogens is 258 g/mol. The van der Waals surface area contributed by atoms with Crippen LogP contribution >= 0.6 is 0 Å². The van der Waals surface area contributed by atoms with Crippen LogP contribution in [0.25, 0.3) is 11.2 Å². The third kappa shape index (κ3) is 2.13. The van der Waals surface area contributed by atoms with Crippen LogP contribution in [0.15, 0.2) is 34.0 Å². The van der Waals surface area contributed by atoms with Crippen LogP contribution in [0, 0.1) is 0 Å². The molecule has 7 heteroatoms. The molecule has 3 aromatic rings. The highest BCUT2D eigenvalue weighted by atomic mass is 16.2. The summed E-state index contributed by atoms with van der Waals surface area (Å²) in [5.74, 6) is 0.664. The number of fused-ring (bicyclic) bond motifs is 1. The molecule has 0 radical (unpaired) electrons. The minimum atomic E-state index is -0.467. The molecule has 0 unspecified atom stereocenters. The normalized spacial score (nSPS) is 11.1. The molecule has 0 saturated carbocycles. The lowest BCUT2D eigenvalue weighted by Crippen LogP contribution is -2.28. The van der Waals surface area contributed by atoms with Gasteiger partial charge in [-0.15, -0.1) is 0 Å². The van der Waals surface area contributed by atoms with E-state index in [1.54, 1.807) is 13.2 Å². The van der Waals surface area contributed by atoms with E-state index >= 15 is 0 Å². The molecule has 0 aliphatic heterocycles. The summed E-state index contributed by atoms with van der Waals surface area (Å²) < 4.78 is 1.32. The molecule has 3 heterocycles. The summed E-state index contributed by atoms with van der Waals surface area (Å²) in [5, 5.41) is 0. The van der Waals surface area contributed by atoms with Crippen molar-refractivity contribution in [3.8, 4) is 0 Å². The number of aromatic nitrogens is 5. The Balaban J connectivity index is 1.94. The Labute approximate surface area is 113 Å². The van der Waals surface area contributed by atoms with Crippen molar-refractivity contribution in [3.05, 3.63) is 56.8 Å². The molecule has 0 aliphatic rings. The fourth-order valence-electron chi connectivity index (χ4n) is 2.06. The van der Waals surface area contributed by atoms with Gasteiger partial charge in [-0.25, -0.2) is 9.78 Å². The van der Waals surface area contributed by atoms with Gasteiger partial charge >= 0.3 is 5.69 Å².